The lowest BCUT2D eigenvalue weighted by atomic mass is 9.78. The van der Waals surface area contributed by atoms with Gasteiger partial charge in [0.2, 0.25) is 0 Å². The molecule has 1 N–H and O–H groups in total. The molecule has 0 amide bonds. The maximum atomic E-state index is 9.86. The van der Waals surface area contributed by atoms with Crippen LogP contribution in [-0.2, 0) is 4.74 Å². The Morgan fingerprint density at radius 2 is 2.06 bits per heavy atom. The molecule has 0 aromatic carbocycles. The minimum absolute atomic E-state index is 0.131. The molecule has 1 saturated heterocycles. The molecule has 4 atom stereocenters. The lowest BCUT2D eigenvalue weighted by Crippen LogP contribution is -2.27. The van der Waals surface area contributed by atoms with Crippen LogP contribution >= 0.6 is 0 Å². The van der Waals surface area contributed by atoms with Crippen molar-refractivity contribution in [3.8, 4) is 0 Å². The standard InChI is InChI=1S/C15H26O2/c1-11(5-6-13-14(2,3)17-13)12-7-9-15(4,16)10-8-12/h7,9,11-13,16H,5-6,8,10H2,1-4H3/t11-,12-,13?,15+/m0/s1. The maximum Gasteiger partial charge on any atom is 0.0892 e. The molecule has 2 rings (SSSR count). The Labute approximate surface area is 105 Å². The van der Waals surface area contributed by atoms with Crippen LogP contribution in [0.4, 0.5) is 0 Å². The number of allylic oxidation sites excluding steroid dienone is 1. The van der Waals surface area contributed by atoms with Gasteiger partial charge in [-0.15, -0.1) is 0 Å². The number of aliphatic hydroxyl groups is 1. The van der Waals surface area contributed by atoms with Crippen LogP contribution < -0.4 is 0 Å². The van der Waals surface area contributed by atoms with Gasteiger partial charge in [0, 0.05) is 0 Å². The van der Waals surface area contributed by atoms with Crippen molar-refractivity contribution in [1.82, 2.24) is 0 Å². The van der Waals surface area contributed by atoms with E-state index in [9.17, 15) is 5.11 Å². The van der Waals surface area contributed by atoms with E-state index in [0.717, 1.165) is 12.8 Å². The summed E-state index contributed by atoms with van der Waals surface area (Å²) in [5.41, 5.74) is -0.441. The highest BCUT2D eigenvalue weighted by Crippen LogP contribution is 2.40. The Kier molecular flexibility index (Phi) is 3.39. The second-order valence-corrected chi connectivity index (χ2v) is 6.68. The zero-order valence-electron chi connectivity index (χ0n) is 11.6. The van der Waals surface area contributed by atoms with Crippen LogP contribution in [0.15, 0.2) is 12.2 Å². The van der Waals surface area contributed by atoms with Gasteiger partial charge in [0.25, 0.3) is 0 Å². The molecule has 0 spiro atoms. The molecule has 0 bridgehead atoms. The first-order valence-corrected chi connectivity index (χ1v) is 6.90. The average molecular weight is 238 g/mol. The van der Waals surface area contributed by atoms with Gasteiger partial charge in [0.1, 0.15) is 0 Å². The Morgan fingerprint density at radius 1 is 1.41 bits per heavy atom. The molecule has 2 aliphatic rings. The van der Waals surface area contributed by atoms with Crippen molar-refractivity contribution in [2.24, 2.45) is 11.8 Å². The Morgan fingerprint density at radius 3 is 2.53 bits per heavy atom. The number of epoxide rings is 1. The molecule has 0 aromatic heterocycles. The summed E-state index contributed by atoms with van der Waals surface area (Å²) in [6.07, 6.45) is 9.08. The van der Waals surface area contributed by atoms with E-state index in [4.69, 9.17) is 4.74 Å². The third-order valence-electron chi connectivity index (χ3n) is 4.47. The summed E-state index contributed by atoms with van der Waals surface area (Å²) in [6, 6.07) is 0. The predicted octanol–water partition coefficient (Wildman–Crippen LogP) is 3.30. The number of hydrogen-bond acceptors (Lipinski definition) is 2. The van der Waals surface area contributed by atoms with Crippen LogP contribution in [0.25, 0.3) is 0 Å². The molecule has 0 aromatic rings. The van der Waals surface area contributed by atoms with Crippen LogP contribution in [-0.4, -0.2) is 22.4 Å². The van der Waals surface area contributed by atoms with E-state index in [1.165, 1.54) is 12.8 Å². The first-order chi connectivity index (χ1) is 7.80. The molecule has 0 saturated carbocycles. The number of hydrogen-bond donors (Lipinski definition) is 1. The highest BCUT2D eigenvalue weighted by Gasteiger charge is 2.47. The van der Waals surface area contributed by atoms with Gasteiger partial charge in [-0.25, -0.2) is 0 Å². The van der Waals surface area contributed by atoms with Gasteiger partial charge in [-0.1, -0.05) is 19.1 Å². The normalized spacial score (nSPS) is 41.2. The maximum absolute atomic E-state index is 9.86. The van der Waals surface area contributed by atoms with Gasteiger partial charge in [0.15, 0.2) is 0 Å². The summed E-state index contributed by atoms with van der Waals surface area (Å²) in [4.78, 5) is 0. The quantitative estimate of drug-likeness (QED) is 0.602. The lowest BCUT2D eigenvalue weighted by Gasteiger charge is -2.30. The average Bonchev–Trinajstić information content (AvgIpc) is 2.83. The van der Waals surface area contributed by atoms with Crippen molar-refractivity contribution < 1.29 is 9.84 Å². The Balaban J connectivity index is 1.76. The van der Waals surface area contributed by atoms with E-state index in [-0.39, 0.29) is 5.60 Å². The van der Waals surface area contributed by atoms with Gasteiger partial charge in [-0.3, -0.25) is 0 Å². The molecule has 98 valence electrons. The summed E-state index contributed by atoms with van der Waals surface area (Å²) in [5.74, 6) is 1.33. The van der Waals surface area contributed by atoms with Crippen LogP contribution in [0.1, 0.15) is 53.4 Å². The van der Waals surface area contributed by atoms with Crippen molar-refractivity contribution in [2.75, 3.05) is 0 Å². The van der Waals surface area contributed by atoms with Gasteiger partial charge in [-0.05, 0) is 58.3 Å². The second kappa shape index (κ2) is 4.40. The summed E-state index contributed by atoms with van der Waals surface area (Å²) >= 11 is 0. The van der Waals surface area contributed by atoms with E-state index in [0.29, 0.717) is 17.9 Å². The van der Waals surface area contributed by atoms with Crippen LogP contribution in [0, 0.1) is 11.8 Å². The van der Waals surface area contributed by atoms with Crippen molar-refractivity contribution in [1.29, 1.82) is 0 Å². The Hall–Kier alpha value is -0.340. The molecular weight excluding hydrogens is 212 g/mol. The number of rotatable bonds is 4. The first kappa shape index (κ1) is 13.1. The summed E-state index contributed by atoms with van der Waals surface area (Å²) in [6.45, 7) is 8.55. The van der Waals surface area contributed by atoms with Gasteiger partial charge in [-0.2, -0.15) is 0 Å². The summed E-state index contributed by atoms with van der Waals surface area (Å²) in [7, 11) is 0. The molecule has 17 heavy (non-hydrogen) atoms. The van der Waals surface area contributed by atoms with Crippen molar-refractivity contribution >= 4 is 0 Å². The van der Waals surface area contributed by atoms with E-state index >= 15 is 0 Å². The highest BCUT2D eigenvalue weighted by atomic mass is 16.6. The molecule has 1 aliphatic carbocycles. The van der Waals surface area contributed by atoms with Gasteiger partial charge >= 0.3 is 0 Å². The van der Waals surface area contributed by atoms with E-state index in [1.54, 1.807) is 0 Å². The molecule has 1 fully saturated rings. The van der Waals surface area contributed by atoms with E-state index in [1.807, 2.05) is 13.0 Å². The molecule has 1 heterocycles. The SMILES string of the molecule is C[C@@H](CCC1OC1(C)C)[C@H]1C=C[C@@](C)(O)CC1. The first-order valence-electron chi connectivity index (χ1n) is 6.90. The second-order valence-electron chi connectivity index (χ2n) is 6.68. The third kappa shape index (κ3) is 3.32. The molecule has 1 unspecified atom stereocenters. The summed E-state index contributed by atoms with van der Waals surface area (Å²) < 4.78 is 5.62. The fraction of sp³-hybridized carbons (Fsp3) is 0.867. The monoisotopic (exact) mass is 238 g/mol. The molecule has 1 aliphatic heterocycles. The fourth-order valence-electron chi connectivity index (χ4n) is 2.81. The molecular formula is C15H26O2. The predicted molar refractivity (Wildman–Crippen MR) is 69.8 cm³/mol. The lowest BCUT2D eigenvalue weighted by molar-refractivity contribution is 0.0830. The van der Waals surface area contributed by atoms with Gasteiger partial charge in [0.05, 0.1) is 17.3 Å². The van der Waals surface area contributed by atoms with Crippen LogP contribution in [0.5, 0.6) is 0 Å². The van der Waals surface area contributed by atoms with E-state index in [2.05, 4.69) is 26.8 Å². The number of ether oxygens (including phenoxy) is 1. The van der Waals surface area contributed by atoms with Gasteiger partial charge < -0.3 is 9.84 Å². The highest BCUT2D eigenvalue weighted by molar-refractivity contribution is 5.06. The smallest absolute Gasteiger partial charge is 0.0892 e. The Bertz CT molecular complexity index is 304. The molecule has 2 heteroatoms. The van der Waals surface area contributed by atoms with Crippen LogP contribution in [0.3, 0.4) is 0 Å². The minimum atomic E-state index is -0.572. The van der Waals surface area contributed by atoms with E-state index < -0.39 is 5.60 Å². The molecule has 0 radical (unpaired) electrons. The fourth-order valence-corrected chi connectivity index (χ4v) is 2.81. The van der Waals surface area contributed by atoms with Crippen molar-refractivity contribution in [3.05, 3.63) is 12.2 Å². The summed E-state index contributed by atoms with van der Waals surface area (Å²) in [5, 5.41) is 9.86. The zero-order valence-corrected chi connectivity index (χ0v) is 11.6. The largest absolute Gasteiger partial charge is 0.386 e. The van der Waals surface area contributed by atoms with Crippen LogP contribution in [0.2, 0.25) is 0 Å². The topological polar surface area (TPSA) is 32.8 Å². The third-order valence-corrected chi connectivity index (χ3v) is 4.47. The minimum Gasteiger partial charge on any atom is -0.386 e. The molecule has 2 nitrogen and oxygen atoms in total. The van der Waals surface area contributed by atoms with Crippen molar-refractivity contribution in [2.45, 2.75) is 70.7 Å². The van der Waals surface area contributed by atoms with Crippen molar-refractivity contribution in [3.63, 3.8) is 0 Å². The zero-order chi connectivity index (χ0) is 12.7.